The van der Waals surface area contributed by atoms with E-state index >= 15 is 0 Å². The highest BCUT2D eigenvalue weighted by Gasteiger charge is 1.99. The first kappa shape index (κ1) is 10.3. The molecule has 0 radical (unpaired) electrons. The predicted octanol–water partition coefficient (Wildman–Crippen LogP) is 2.86. The number of pyridine rings is 2. The van der Waals surface area contributed by atoms with E-state index in [2.05, 4.69) is 9.97 Å². The molecule has 2 aromatic rings. The molecule has 2 heterocycles. The number of nitrogens with two attached hydrogens (primary N) is 1. The number of rotatable bonds is 2. The minimum Gasteiger partial charge on any atom is -0.397 e. The molecule has 0 aliphatic rings. The van der Waals surface area contributed by atoms with Gasteiger partial charge in [0.2, 0.25) is 0 Å². The van der Waals surface area contributed by atoms with Crippen molar-refractivity contribution >= 4 is 29.1 Å². The SMILES string of the molecule is Nc1ccc(Sc2ccc(Cl)cn2)nc1. The van der Waals surface area contributed by atoms with Gasteiger partial charge < -0.3 is 5.73 Å². The molecule has 76 valence electrons. The summed E-state index contributed by atoms with van der Waals surface area (Å²) >= 11 is 7.20. The van der Waals surface area contributed by atoms with E-state index < -0.39 is 0 Å². The fourth-order valence-electron chi connectivity index (χ4n) is 0.982. The molecule has 2 rings (SSSR count). The van der Waals surface area contributed by atoms with Crippen molar-refractivity contribution in [3.05, 3.63) is 41.7 Å². The van der Waals surface area contributed by atoms with Gasteiger partial charge in [0.05, 0.1) is 16.9 Å². The summed E-state index contributed by atoms with van der Waals surface area (Å²) in [6.45, 7) is 0. The maximum absolute atomic E-state index is 5.73. The number of hydrogen-bond acceptors (Lipinski definition) is 4. The summed E-state index contributed by atoms with van der Waals surface area (Å²) in [6, 6.07) is 7.32. The molecule has 0 aliphatic heterocycles. The third-order valence-corrected chi connectivity index (χ3v) is 2.79. The molecule has 2 aromatic heterocycles. The lowest BCUT2D eigenvalue weighted by Gasteiger charge is -2.00. The second kappa shape index (κ2) is 4.51. The molecule has 0 aromatic carbocycles. The lowest BCUT2D eigenvalue weighted by atomic mass is 10.4. The van der Waals surface area contributed by atoms with Crippen LogP contribution in [0.4, 0.5) is 5.69 Å². The molecule has 0 saturated heterocycles. The highest BCUT2D eigenvalue weighted by molar-refractivity contribution is 7.99. The van der Waals surface area contributed by atoms with Crippen molar-refractivity contribution < 1.29 is 0 Å². The maximum Gasteiger partial charge on any atom is 0.102 e. The summed E-state index contributed by atoms with van der Waals surface area (Å²) in [5.74, 6) is 0. The van der Waals surface area contributed by atoms with Crippen LogP contribution in [-0.2, 0) is 0 Å². The van der Waals surface area contributed by atoms with Crippen molar-refractivity contribution in [3.8, 4) is 0 Å². The zero-order valence-electron chi connectivity index (χ0n) is 7.72. The number of halogens is 1. The first-order valence-corrected chi connectivity index (χ1v) is 5.44. The number of nitrogen functional groups attached to an aromatic ring is 1. The first-order valence-electron chi connectivity index (χ1n) is 4.25. The minimum absolute atomic E-state index is 0.629. The van der Waals surface area contributed by atoms with Crippen molar-refractivity contribution in [1.29, 1.82) is 0 Å². The molecule has 0 unspecified atom stereocenters. The average Bonchev–Trinajstić information content (AvgIpc) is 2.25. The Kier molecular flexibility index (Phi) is 3.08. The predicted molar refractivity (Wildman–Crippen MR) is 62.0 cm³/mol. The van der Waals surface area contributed by atoms with Crippen LogP contribution < -0.4 is 5.73 Å². The van der Waals surface area contributed by atoms with Gasteiger partial charge in [-0.25, -0.2) is 9.97 Å². The summed E-state index contributed by atoms with van der Waals surface area (Å²) in [6.07, 6.45) is 3.24. The van der Waals surface area contributed by atoms with E-state index in [0.717, 1.165) is 10.1 Å². The second-order valence-electron chi connectivity index (χ2n) is 2.85. The van der Waals surface area contributed by atoms with Gasteiger partial charge in [-0.05, 0) is 24.3 Å². The minimum atomic E-state index is 0.629. The van der Waals surface area contributed by atoms with E-state index in [-0.39, 0.29) is 0 Å². The fourth-order valence-corrected chi connectivity index (χ4v) is 1.79. The standard InChI is InChI=1S/C10H8ClN3S/c11-7-1-3-9(13-5-7)15-10-4-2-8(12)6-14-10/h1-6H,12H2. The van der Waals surface area contributed by atoms with E-state index in [1.165, 1.54) is 11.8 Å². The van der Waals surface area contributed by atoms with Gasteiger partial charge in [-0.15, -0.1) is 0 Å². The lowest BCUT2D eigenvalue weighted by Crippen LogP contribution is -1.87. The van der Waals surface area contributed by atoms with Crippen LogP contribution in [0.15, 0.2) is 46.7 Å². The van der Waals surface area contributed by atoms with E-state index in [1.807, 2.05) is 18.2 Å². The van der Waals surface area contributed by atoms with E-state index in [9.17, 15) is 0 Å². The molecule has 3 nitrogen and oxygen atoms in total. The van der Waals surface area contributed by atoms with Gasteiger partial charge in [0.15, 0.2) is 0 Å². The molecular weight excluding hydrogens is 230 g/mol. The first-order chi connectivity index (χ1) is 7.24. The molecular formula is C10H8ClN3S. The number of hydrogen-bond donors (Lipinski definition) is 1. The third kappa shape index (κ3) is 2.84. The Morgan fingerprint density at radius 2 is 1.67 bits per heavy atom. The third-order valence-electron chi connectivity index (χ3n) is 1.67. The molecule has 0 spiro atoms. The smallest absolute Gasteiger partial charge is 0.102 e. The molecule has 0 saturated carbocycles. The molecule has 0 bridgehead atoms. The lowest BCUT2D eigenvalue weighted by molar-refractivity contribution is 1.09. The van der Waals surface area contributed by atoms with E-state index in [4.69, 9.17) is 17.3 Å². The van der Waals surface area contributed by atoms with E-state index in [0.29, 0.717) is 10.7 Å². The number of aromatic nitrogens is 2. The van der Waals surface area contributed by atoms with Crippen molar-refractivity contribution in [2.45, 2.75) is 10.1 Å². The van der Waals surface area contributed by atoms with Crippen LogP contribution in [0.2, 0.25) is 5.02 Å². The number of anilines is 1. The van der Waals surface area contributed by atoms with Crippen molar-refractivity contribution in [2.24, 2.45) is 0 Å². The molecule has 0 atom stereocenters. The summed E-state index contributed by atoms with van der Waals surface area (Å²) in [4.78, 5) is 8.32. The Hall–Kier alpha value is -1.26. The zero-order valence-corrected chi connectivity index (χ0v) is 9.29. The van der Waals surface area contributed by atoms with Gasteiger partial charge in [-0.2, -0.15) is 0 Å². The Balaban J connectivity index is 2.15. The summed E-state index contributed by atoms with van der Waals surface area (Å²) in [7, 11) is 0. The Morgan fingerprint density at radius 3 is 2.20 bits per heavy atom. The highest BCUT2D eigenvalue weighted by atomic mass is 35.5. The Labute approximate surface area is 96.7 Å². The van der Waals surface area contributed by atoms with Crippen molar-refractivity contribution in [3.63, 3.8) is 0 Å². The Bertz CT molecular complexity index is 398. The number of nitrogens with zero attached hydrogens (tertiary/aromatic N) is 2. The van der Waals surface area contributed by atoms with Crippen molar-refractivity contribution in [1.82, 2.24) is 9.97 Å². The molecule has 0 amide bonds. The summed E-state index contributed by atoms with van der Waals surface area (Å²) in [5, 5.41) is 2.35. The van der Waals surface area contributed by atoms with Gasteiger partial charge in [0.25, 0.3) is 0 Å². The van der Waals surface area contributed by atoms with Crippen LogP contribution in [0, 0.1) is 0 Å². The summed E-state index contributed by atoms with van der Waals surface area (Å²) in [5.41, 5.74) is 6.19. The van der Waals surface area contributed by atoms with Crippen molar-refractivity contribution in [2.75, 3.05) is 5.73 Å². The topological polar surface area (TPSA) is 51.8 Å². The van der Waals surface area contributed by atoms with Gasteiger partial charge in [0, 0.05) is 6.20 Å². The second-order valence-corrected chi connectivity index (χ2v) is 4.32. The Morgan fingerprint density at radius 1 is 1.00 bits per heavy atom. The maximum atomic E-state index is 5.73. The quantitative estimate of drug-likeness (QED) is 0.873. The average molecular weight is 238 g/mol. The van der Waals surface area contributed by atoms with Crippen LogP contribution in [0.3, 0.4) is 0 Å². The largest absolute Gasteiger partial charge is 0.397 e. The molecule has 2 N–H and O–H groups in total. The zero-order chi connectivity index (χ0) is 10.7. The monoisotopic (exact) mass is 237 g/mol. The molecule has 0 aliphatic carbocycles. The van der Waals surface area contributed by atoms with Gasteiger partial charge in [-0.3, -0.25) is 0 Å². The van der Waals surface area contributed by atoms with Gasteiger partial charge in [-0.1, -0.05) is 23.4 Å². The van der Waals surface area contributed by atoms with Gasteiger partial charge >= 0.3 is 0 Å². The molecule has 15 heavy (non-hydrogen) atoms. The normalized spacial score (nSPS) is 10.2. The summed E-state index contributed by atoms with van der Waals surface area (Å²) < 4.78 is 0. The van der Waals surface area contributed by atoms with Crippen LogP contribution in [0.25, 0.3) is 0 Å². The van der Waals surface area contributed by atoms with Crippen LogP contribution in [0.5, 0.6) is 0 Å². The molecule has 5 heteroatoms. The van der Waals surface area contributed by atoms with Crippen LogP contribution >= 0.6 is 23.4 Å². The van der Waals surface area contributed by atoms with E-state index in [1.54, 1.807) is 18.5 Å². The highest BCUT2D eigenvalue weighted by Crippen LogP contribution is 2.24. The fraction of sp³-hybridized carbons (Fsp3) is 0. The van der Waals surface area contributed by atoms with Crippen LogP contribution in [-0.4, -0.2) is 9.97 Å². The molecule has 0 fully saturated rings. The van der Waals surface area contributed by atoms with Crippen LogP contribution in [0.1, 0.15) is 0 Å². The van der Waals surface area contributed by atoms with Gasteiger partial charge in [0.1, 0.15) is 10.1 Å².